The van der Waals surface area contributed by atoms with Crippen molar-refractivity contribution in [2.24, 2.45) is 0 Å². The van der Waals surface area contributed by atoms with E-state index in [1.807, 2.05) is 24.3 Å². The lowest BCUT2D eigenvalue weighted by atomic mass is 10.1. The zero-order valence-corrected chi connectivity index (χ0v) is 20.2. The van der Waals surface area contributed by atoms with Crippen molar-refractivity contribution in [1.82, 2.24) is 14.9 Å². The molecule has 1 N–H and O–H groups in total. The number of hydrogen-bond acceptors (Lipinski definition) is 6. The first-order valence-corrected chi connectivity index (χ1v) is 12.8. The Kier molecular flexibility index (Phi) is 7.74. The van der Waals surface area contributed by atoms with Gasteiger partial charge in [-0.15, -0.1) is 10.2 Å². The monoisotopic (exact) mass is 507 g/mol. The molecule has 0 aliphatic heterocycles. The first-order chi connectivity index (χ1) is 16.9. The number of halogens is 1. The van der Waals surface area contributed by atoms with E-state index in [4.69, 9.17) is 16.3 Å². The molecular weight excluding hydrogens is 486 g/mol. The molecule has 4 aromatic rings. The Bertz CT molecular complexity index is 1390. The van der Waals surface area contributed by atoms with E-state index in [9.17, 15) is 13.2 Å². The summed E-state index contributed by atoms with van der Waals surface area (Å²) in [5.74, 6) is -0.619. The maximum atomic E-state index is 12.6. The number of ether oxygens (including phenoxy) is 1. The maximum absolute atomic E-state index is 12.6. The first kappa shape index (κ1) is 24.4. The van der Waals surface area contributed by atoms with Gasteiger partial charge in [0, 0.05) is 28.6 Å². The fraction of sp³-hybridized carbons (Fsp3) is 0.115. The van der Waals surface area contributed by atoms with Crippen molar-refractivity contribution in [2.45, 2.75) is 12.2 Å². The second-order valence-corrected chi connectivity index (χ2v) is 9.90. The molecule has 3 aromatic carbocycles. The molecule has 0 spiro atoms. The van der Waals surface area contributed by atoms with E-state index < -0.39 is 15.9 Å². The topological polar surface area (TPSA) is 98.2 Å². The van der Waals surface area contributed by atoms with Crippen molar-refractivity contribution in [3.05, 3.63) is 113 Å². The molecule has 9 heteroatoms. The highest BCUT2D eigenvalue weighted by Gasteiger charge is 2.17. The molecule has 0 unspecified atom stereocenters. The van der Waals surface area contributed by atoms with Crippen LogP contribution in [-0.4, -0.2) is 31.1 Å². The highest BCUT2D eigenvalue weighted by molar-refractivity contribution is 7.89. The number of nitrogens with zero attached hydrogens (tertiary/aromatic N) is 2. The van der Waals surface area contributed by atoms with Crippen LogP contribution < -0.4 is 9.46 Å². The summed E-state index contributed by atoms with van der Waals surface area (Å²) in [6.07, 6.45) is 0.699. The summed E-state index contributed by atoms with van der Waals surface area (Å²) in [6.45, 7) is 0.433. The second-order valence-electron chi connectivity index (χ2n) is 7.74. The molecule has 0 radical (unpaired) electrons. The molecule has 0 atom stereocenters. The van der Waals surface area contributed by atoms with Crippen molar-refractivity contribution in [3.8, 4) is 17.1 Å². The normalized spacial score (nSPS) is 11.1. The summed E-state index contributed by atoms with van der Waals surface area (Å²) >= 11 is 5.89. The second kappa shape index (κ2) is 11.1. The molecule has 7 nitrogen and oxygen atoms in total. The Morgan fingerprint density at radius 1 is 0.857 bits per heavy atom. The van der Waals surface area contributed by atoms with Crippen molar-refractivity contribution < 1.29 is 17.9 Å². The van der Waals surface area contributed by atoms with E-state index in [0.717, 1.165) is 5.56 Å². The van der Waals surface area contributed by atoms with Crippen LogP contribution in [-0.2, 0) is 22.2 Å². The van der Waals surface area contributed by atoms with Gasteiger partial charge in [0.15, 0.2) is 0 Å². The molecule has 4 rings (SSSR count). The number of carbonyl (C=O) groups excluding carboxylic acids is 1. The number of sulfonamides is 1. The predicted octanol–water partition coefficient (Wildman–Crippen LogP) is 4.68. The van der Waals surface area contributed by atoms with Crippen molar-refractivity contribution in [3.63, 3.8) is 0 Å². The molecule has 178 valence electrons. The lowest BCUT2D eigenvalue weighted by Crippen LogP contribution is -2.31. The van der Waals surface area contributed by atoms with Gasteiger partial charge in [-0.25, -0.2) is 13.1 Å². The summed E-state index contributed by atoms with van der Waals surface area (Å²) in [5, 5.41) is 8.95. The summed E-state index contributed by atoms with van der Waals surface area (Å²) in [5.41, 5.74) is 3.03. The molecule has 0 fully saturated rings. The Labute approximate surface area is 208 Å². The Morgan fingerprint density at radius 3 is 2.34 bits per heavy atom. The average molecular weight is 508 g/mol. The summed E-state index contributed by atoms with van der Waals surface area (Å²) < 4.78 is 32.6. The van der Waals surface area contributed by atoms with Crippen molar-refractivity contribution in [1.29, 1.82) is 0 Å². The van der Waals surface area contributed by atoms with Crippen LogP contribution in [0.2, 0.25) is 5.02 Å². The van der Waals surface area contributed by atoms with Gasteiger partial charge in [-0.2, -0.15) is 0 Å². The van der Waals surface area contributed by atoms with Gasteiger partial charge in [-0.3, -0.25) is 4.79 Å². The van der Waals surface area contributed by atoms with Gasteiger partial charge in [-0.05, 0) is 41.5 Å². The summed E-state index contributed by atoms with van der Waals surface area (Å²) in [7, 11) is -3.85. The van der Waals surface area contributed by atoms with Crippen LogP contribution in [0.15, 0.2) is 91.0 Å². The zero-order chi connectivity index (χ0) is 24.7. The minimum absolute atomic E-state index is 0.198. The Balaban J connectivity index is 1.37. The van der Waals surface area contributed by atoms with E-state index in [1.54, 1.807) is 66.7 Å². The molecule has 1 amide bonds. The highest BCUT2D eigenvalue weighted by atomic mass is 35.5. The Hall–Kier alpha value is -3.75. The van der Waals surface area contributed by atoms with Gasteiger partial charge < -0.3 is 4.74 Å². The fourth-order valence-electron chi connectivity index (χ4n) is 3.33. The Morgan fingerprint density at radius 2 is 1.63 bits per heavy atom. The standard InChI is InChI=1S/C26H22ClN3O4S/c27-23-11-9-19(10-12-23)15-16-34-25-14-13-24(28-29-25)21-7-4-8-22(17-21)26(31)30-35(32,33)18-20-5-2-1-3-6-20/h1-14,17H,15-16,18H2,(H,30,31). The van der Waals surface area contributed by atoms with Gasteiger partial charge >= 0.3 is 0 Å². The van der Waals surface area contributed by atoms with E-state index in [0.29, 0.717) is 40.8 Å². The third kappa shape index (κ3) is 7.11. The number of benzene rings is 3. The number of aromatic nitrogens is 2. The minimum Gasteiger partial charge on any atom is -0.476 e. The zero-order valence-electron chi connectivity index (χ0n) is 18.6. The largest absolute Gasteiger partial charge is 0.476 e. The molecule has 1 heterocycles. The number of rotatable bonds is 9. The summed E-state index contributed by atoms with van der Waals surface area (Å²) in [6, 6.07) is 26.2. The minimum atomic E-state index is -3.85. The molecule has 0 aliphatic rings. The van der Waals surface area contributed by atoms with Gasteiger partial charge in [0.1, 0.15) is 0 Å². The average Bonchev–Trinajstić information content (AvgIpc) is 2.86. The SMILES string of the molecule is O=C(NS(=O)(=O)Cc1ccccc1)c1cccc(-c2ccc(OCCc3ccc(Cl)cc3)nn2)c1. The van der Waals surface area contributed by atoms with Gasteiger partial charge in [0.2, 0.25) is 15.9 Å². The van der Waals surface area contributed by atoms with Crippen molar-refractivity contribution in [2.75, 3.05) is 6.61 Å². The van der Waals surface area contributed by atoms with Crippen LogP contribution in [0.1, 0.15) is 21.5 Å². The third-order valence-electron chi connectivity index (χ3n) is 5.06. The van der Waals surface area contributed by atoms with Crippen LogP contribution >= 0.6 is 11.6 Å². The van der Waals surface area contributed by atoms with Crippen LogP contribution in [0.4, 0.5) is 0 Å². The number of carbonyl (C=O) groups is 1. The molecule has 0 aliphatic carbocycles. The molecule has 0 bridgehead atoms. The predicted molar refractivity (Wildman–Crippen MR) is 135 cm³/mol. The molecule has 35 heavy (non-hydrogen) atoms. The van der Waals surface area contributed by atoms with E-state index in [-0.39, 0.29) is 11.3 Å². The fourth-order valence-corrected chi connectivity index (χ4v) is 4.55. The van der Waals surface area contributed by atoms with Gasteiger partial charge in [0.05, 0.1) is 18.1 Å². The van der Waals surface area contributed by atoms with Crippen LogP contribution in [0, 0.1) is 0 Å². The summed E-state index contributed by atoms with van der Waals surface area (Å²) in [4.78, 5) is 12.6. The van der Waals surface area contributed by atoms with Crippen LogP contribution in [0.3, 0.4) is 0 Å². The number of amides is 1. The van der Waals surface area contributed by atoms with E-state index in [2.05, 4.69) is 14.9 Å². The lowest BCUT2D eigenvalue weighted by Gasteiger charge is -2.09. The van der Waals surface area contributed by atoms with E-state index in [1.165, 1.54) is 0 Å². The third-order valence-corrected chi connectivity index (χ3v) is 6.52. The lowest BCUT2D eigenvalue weighted by molar-refractivity contribution is 0.0981. The smallest absolute Gasteiger partial charge is 0.264 e. The van der Waals surface area contributed by atoms with Gasteiger partial charge in [-0.1, -0.05) is 66.2 Å². The van der Waals surface area contributed by atoms with Crippen LogP contribution in [0.25, 0.3) is 11.3 Å². The van der Waals surface area contributed by atoms with Crippen LogP contribution in [0.5, 0.6) is 5.88 Å². The number of nitrogens with one attached hydrogen (secondary N) is 1. The van der Waals surface area contributed by atoms with Gasteiger partial charge in [0.25, 0.3) is 5.91 Å². The van der Waals surface area contributed by atoms with E-state index >= 15 is 0 Å². The molecule has 0 saturated carbocycles. The maximum Gasteiger partial charge on any atom is 0.264 e. The van der Waals surface area contributed by atoms with Crippen molar-refractivity contribution >= 4 is 27.5 Å². The molecular formula is C26H22ClN3O4S. The highest BCUT2D eigenvalue weighted by Crippen LogP contribution is 2.20. The quantitative estimate of drug-likeness (QED) is 0.353. The molecule has 0 saturated heterocycles. The molecule has 1 aromatic heterocycles. The first-order valence-electron chi connectivity index (χ1n) is 10.8. The number of hydrogen-bond donors (Lipinski definition) is 1.